The molecule has 2 N–H and O–H groups in total. The number of sulfonamides is 1. The van der Waals surface area contributed by atoms with Crippen molar-refractivity contribution < 1.29 is 13.2 Å². The van der Waals surface area contributed by atoms with Crippen molar-refractivity contribution in [2.75, 3.05) is 13.1 Å². The quantitative estimate of drug-likeness (QED) is 0.919. The van der Waals surface area contributed by atoms with Gasteiger partial charge in [-0.2, -0.15) is 0 Å². The van der Waals surface area contributed by atoms with Crippen LogP contribution in [-0.2, 0) is 21.2 Å². The minimum absolute atomic E-state index is 0.0561. The minimum atomic E-state index is -3.67. The van der Waals surface area contributed by atoms with E-state index in [1.807, 2.05) is 4.90 Å². The van der Waals surface area contributed by atoms with Crippen LogP contribution in [-0.4, -0.2) is 32.3 Å². The number of carbonyl (C=O) groups excluding carboxylic acids is 1. The van der Waals surface area contributed by atoms with Crippen molar-refractivity contribution in [3.8, 4) is 0 Å². The first-order chi connectivity index (χ1) is 9.17. The molecule has 1 aliphatic heterocycles. The summed E-state index contributed by atoms with van der Waals surface area (Å²) in [5.41, 5.74) is 0.162. The van der Waals surface area contributed by atoms with Gasteiger partial charge >= 0.3 is 0 Å². The van der Waals surface area contributed by atoms with E-state index in [-0.39, 0.29) is 22.0 Å². The fraction of sp³-hybridized carbons (Fsp3) is 0.615. The summed E-state index contributed by atoms with van der Waals surface area (Å²) < 4.78 is 22.5. The molecule has 20 heavy (non-hydrogen) atoms. The zero-order chi connectivity index (χ0) is 15.0. The molecule has 0 bridgehead atoms. The predicted octanol–water partition coefficient (Wildman–Crippen LogP) is 1.59. The Balaban J connectivity index is 2.03. The third-order valence-corrected chi connectivity index (χ3v) is 6.02. The predicted molar refractivity (Wildman–Crippen MR) is 79.0 cm³/mol. The first-order valence-corrected chi connectivity index (χ1v) is 8.93. The first-order valence-electron chi connectivity index (χ1n) is 6.57. The van der Waals surface area contributed by atoms with Crippen molar-refractivity contribution >= 4 is 27.3 Å². The highest BCUT2D eigenvalue weighted by Crippen LogP contribution is 2.29. The smallest absolute Gasteiger partial charge is 0.247 e. The van der Waals surface area contributed by atoms with Gasteiger partial charge < -0.3 is 4.90 Å². The molecule has 2 rings (SSSR count). The number of nitrogens with two attached hydrogens (primary N) is 1. The number of nitrogens with zero attached hydrogens (tertiary/aromatic N) is 1. The van der Waals surface area contributed by atoms with E-state index in [4.69, 9.17) is 5.14 Å². The number of primary sulfonamides is 1. The molecular formula is C13H20N2O3S2. The summed E-state index contributed by atoms with van der Waals surface area (Å²) in [5, 5.41) is 5.07. The van der Waals surface area contributed by atoms with E-state index < -0.39 is 10.0 Å². The number of hydrogen-bond donors (Lipinski definition) is 1. The molecule has 0 atom stereocenters. The van der Waals surface area contributed by atoms with Crippen LogP contribution in [0.15, 0.2) is 16.3 Å². The standard InChI is InChI=1S/C13H20N2O3S2/c1-13(2)6-3-7-15(9-13)11(16)8-10-4-5-12(19-10)20(14,17)18/h4-5H,3,6-9H2,1-2H3,(H2,14,17,18). The van der Waals surface area contributed by atoms with Crippen LogP contribution in [0, 0.1) is 5.41 Å². The second-order valence-corrected chi connectivity index (χ2v) is 8.98. The lowest BCUT2D eigenvalue weighted by Crippen LogP contribution is -2.44. The molecule has 1 aromatic rings. The maximum atomic E-state index is 12.3. The molecule has 0 spiro atoms. The lowest BCUT2D eigenvalue weighted by atomic mass is 9.84. The van der Waals surface area contributed by atoms with Gasteiger partial charge in [-0.05, 0) is 30.4 Å². The van der Waals surface area contributed by atoms with Gasteiger partial charge in [-0.15, -0.1) is 11.3 Å². The van der Waals surface area contributed by atoms with Gasteiger partial charge in [0.2, 0.25) is 15.9 Å². The summed E-state index contributed by atoms with van der Waals surface area (Å²) in [6.45, 7) is 5.88. The number of carbonyl (C=O) groups is 1. The average molecular weight is 316 g/mol. The van der Waals surface area contributed by atoms with Crippen LogP contribution < -0.4 is 5.14 Å². The second-order valence-electron chi connectivity index (χ2n) is 6.03. The molecule has 1 aliphatic rings. The van der Waals surface area contributed by atoms with Gasteiger partial charge in [0.15, 0.2) is 0 Å². The van der Waals surface area contributed by atoms with Crippen LogP contribution in [0.3, 0.4) is 0 Å². The number of amides is 1. The number of rotatable bonds is 3. The Labute approximate surface area is 123 Å². The Bertz CT molecular complexity index is 605. The number of piperidine rings is 1. The molecule has 1 fully saturated rings. The summed E-state index contributed by atoms with van der Waals surface area (Å²) in [5.74, 6) is 0.0561. The third kappa shape index (κ3) is 3.80. The van der Waals surface area contributed by atoms with Gasteiger partial charge in [0.1, 0.15) is 4.21 Å². The van der Waals surface area contributed by atoms with E-state index in [1.54, 1.807) is 6.07 Å². The number of thiophene rings is 1. The van der Waals surface area contributed by atoms with E-state index in [1.165, 1.54) is 6.07 Å². The molecule has 0 aromatic carbocycles. The van der Waals surface area contributed by atoms with Crippen molar-refractivity contribution in [1.82, 2.24) is 4.90 Å². The molecular weight excluding hydrogens is 296 g/mol. The normalized spacial score (nSPS) is 19.1. The molecule has 0 radical (unpaired) electrons. The third-order valence-electron chi connectivity index (χ3n) is 3.50. The van der Waals surface area contributed by atoms with E-state index >= 15 is 0 Å². The van der Waals surface area contributed by atoms with Gasteiger partial charge in [-0.3, -0.25) is 4.79 Å². The summed E-state index contributed by atoms with van der Waals surface area (Å²) in [6.07, 6.45) is 2.40. The lowest BCUT2D eigenvalue weighted by Gasteiger charge is -2.38. The molecule has 1 saturated heterocycles. The topological polar surface area (TPSA) is 80.5 Å². The molecule has 1 amide bonds. The highest BCUT2D eigenvalue weighted by molar-refractivity contribution is 7.91. The Morgan fingerprint density at radius 1 is 1.45 bits per heavy atom. The Kier molecular flexibility index (Phi) is 4.22. The molecule has 0 saturated carbocycles. The lowest BCUT2D eigenvalue weighted by molar-refractivity contribution is -0.133. The maximum absolute atomic E-state index is 12.3. The summed E-state index contributed by atoms with van der Waals surface area (Å²) in [7, 11) is -3.67. The molecule has 0 aliphatic carbocycles. The SMILES string of the molecule is CC1(C)CCCN(C(=O)Cc2ccc(S(N)(=O)=O)s2)C1. The highest BCUT2D eigenvalue weighted by Gasteiger charge is 2.29. The fourth-order valence-corrected chi connectivity index (χ4v) is 4.27. The zero-order valence-corrected chi connectivity index (χ0v) is 13.4. The highest BCUT2D eigenvalue weighted by atomic mass is 32.2. The Morgan fingerprint density at radius 2 is 2.15 bits per heavy atom. The van der Waals surface area contributed by atoms with Gasteiger partial charge in [0.25, 0.3) is 0 Å². The van der Waals surface area contributed by atoms with Crippen LogP contribution in [0.2, 0.25) is 0 Å². The van der Waals surface area contributed by atoms with E-state index in [0.717, 1.165) is 42.1 Å². The van der Waals surface area contributed by atoms with E-state index in [0.29, 0.717) is 0 Å². The van der Waals surface area contributed by atoms with Crippen LogP contribution in [0.1, 0.15) is 31.6 Å². The monoisotopic (exact) mass is 316 g/mol. The minimum Gasteiger partial charge on any atom is -0.342 e. The largest absolute Gasteiger partial charge is 0.342 e. The van der Waals surface area contributed by atoms with Crippen molar-refractivity contribution in [2.45, 2.75) is 37.3 Å². The summed E-state index contributed by atoms with van der Waals surface area (Å²) in [4.78, 5) is 14.9. The molecule has 2 heterocycles. The summed E-state index contributed by atoms with van der Waals surface area (Å²) >= 11 is 1.07. The van der Waals surface area contributed by atoms with Gasteiger partial charge in [0, 0.05) is 18.0 Å². The van der Waals surface area contributed by atoms with Crippen molar-refractivity contribution in [3.05, 3.63) is 17.0 Å². The summed E-state index contributed by atoms with van der Waals surface area (Å²) in [6, 6.07) is 3.13. The second kappa shape index (κ2) is 5.46. The van der Waals surface area contributed by atoms with Crippen LogP contribution in [0.4, 0.5) is 0 Å². The molecule has 112 valence electrons. The first kappa shape index (κ1) is 15.5. The van der Waals surface area contributed by atoms with Crippen molar-refractivity contribution in [2.24, 2.45) is 10.6 Å². The number of hydrogen-bond acceptors (Lipinski definition) is 4. The van der Waals surface area contributed by atoms with Crippen molar-refractivity contribution in [3.63, 3.8) is 0 Å². The molecule has 1 aromatic heterocycles. The van der Waals surface area contributed by atoms with Crippen LogP contribution in [0.25, 0.3) is 0 Å². The Morgan fingerprint density at radius 3 is 2.70 bits per heavy atom. The van der Waals surface area contributed by atoms with Crippen LogP contribution >= 0.6 is 11.3 Å². The maximum Gasteiger partial charge on any atom is 0.247 e. The molecule has 0 unspecified atom stereocenters. The van der Waals surface area contributed by atoms with Gasteiger partial charge in [-0.1, -0.05) is 13.8 Å². The van der Waals surface area contributed by atoms with Gasteiger partial charge in [-0.25, -0.2) is 13.6 Å². The Hall–Kier alpha value is -0.920. The molecule has 5 nitrogen and oxygen atoms in total. The van der Waals surface area contributed by atoms with E-state index in [9.17, 15) is 13.2 Å². The fourth-order valence-electron chi connectivity index (χ4n) is 2.50. The number of likely N-dealkylation sites (tertiary alicyclic amines) is 1. The van der Waals surface area contributed by atoms with Crippen molar-refractivity contribution in [1.29, 1.82) is 0 Å². The van der Waals surface area contributed by atoms with Crippen LogP contribution in [0.5, 0.6) is 0 Å². The molecule has 7 heteroatoms. The van der Waals surface area contributed by atoms with Gasteiger partial charge in [0.05, 0.1) is 6.42 Å². The zero-order valence-electron chi connectivity index (χ0n) is 11.8. The average Bonchev–Trinajstić information content (AvgIpc) is 2.75. The van der Waals surface area contributed by atoms with E-state index in [2.05, 4.69) is 13.8 Å².